The van der Waals surface area contributed by atoms with Crippen LogP contribution < -0.4 is 15.0 Å². The number of rotatable bonds is 7. The molecular weight excluding hydrogens is 569 g/mol. The van der Waals surface area contributed by atoms with Crippen LogP contribution in [-0.4, -0.2) is 83.6 Å². The highest BCUT2D eigenvalue weighted by atomic mass is 19.1. The van der Waals surface area contributed by atoms with Crippen molar-refractivity contribution in [1.82, 2.24) is 20.2 Å². The van der Waals surface area contributed by atoms with Crippen LogP contribution in [0, 0.1) is 11.2 Å². The number of halogens is 1. The van der Waals surface area contributed by atoms with Gasteiger partial charge < -0.3 is 29.7 Å². The number of hydrogen-bond donors (Lipinski definition) is 2. The van der Waals surface area contributed by atoms with Crippen LogP contribution >= 0.6 is 0 Å². The van der Waals surface area contributed by atoms with E-state index in [0.717, 1.165) is 94.4 Å². The molecule has 1 aromatic heterocycles. The lowest BCUT2D eigenvalue weighted by molar-refractivity contribution is -0.173. The van der Waals surface area contributed by atoms with Gasteiger partial charge in [0.05, 0.1) is 18.8 Å². The highest BCUT2D eigenvalue weighted by Crippen LogP contribution is 2.48. The molecule has 1 aliphatic carbocycles. The average molecular weight is 610 g/mol. The first-order chi connectivity index (χ1) is 21.9. The summed E-state index contributed by atoms with van der Waals surface area (Å²) in [4.78, 5) is 14.6. The first-order valence-corrected chi connectivity index (χ1v) is 16.7. The van der Waals surface area contributed by atoms with Crippen LogP contribution in [0.15, 0.2) is 48.5 Å². The molecule has 2 bridgehead atoms. The second kappa shape index (κ2) is 10.5. The molecular formula is C36H40FN5O3. The number of hydrogen-bond acceptors (Lipinski definition) is 8. The molecule has 3 aromatic carbocycles. The van der Waals surface area contributed by atoms with E-state index in [2.05, 4.69) is 15.1 Å². The van der Waals surface area contributed by atoms with Gasteiger partial charge in [-0.1, -0.05) is 30.3 Å². The Morgan fingerprint density at radius 3 is 2.44 bits per heavy atom. The molecule has 0 amide bonds. The van der Waals surface area contributed by atoms with E-state index in [9.17, 15) is 5.11 Å². The Kier molecular flexibility index (Phi) is 6.48. The van der Waals surface area contributed by atoms with Crippen LogP contribution in [0.5, 0.6) is 11.8 Å². The van der Waals surface area contributed by atoms with Gasteiger partial charge in [-0.05, 0) is 79.5 Å². The zero-order valence-corrected chi connectivity index (χ0v) is 25.6. The van der Waals surface area contributed by atoms with Crippen molar-refractivity contribution >= 4 is 27.5 Å². The molecule has 234 valence electrons. The second-order valence-electron chi connectivity index (χ2n) is 14.3. The Morgan fingerprint density at radius 1 is 0.933 bits per heavy atom. The van der Waals surface area contributed by atoms with Gasteiger partial charge >= 0.3 is 6.01 Å². The third kappa shape index (κ3) is 5.00. The Bertz CT molecular complexity index is 1770. The van der Waals surface area contributed by atoms with Gasteiger partial charge in [0.2, 0.25) is 0 Å². The van der Waals surface area contributed by atoms with Crippen LogP contribution in [0.4, 0.5) is 10.2 Å². The number of aromatic hydroxyl groups is 1. The summed E-state index contributed by atoms with van der Waals surface area (Å²) < 4.78 is 29.1. The number of phenols is 1. The minimum atomic E-state index is -0.420. The quantitative estimate of drug-likeness (QED) is 0.278. The van der Waals surface area contributed by atoms with Crippen molar-refractivity contribution in [2.45, 2.75) is 62.6 Å². The van der Waals surface area contributed by atoms with E-state index in [1.54, 1.807) is 18.2 Å². The number of aromatic nitrogens is 2. The standard InChI is InChI=1S/C36H40FN5O3/c37-31-28(30-18-26(43)17-23-3-1-2-4-27(23)30)7-8-29-32(31)39-34(40-33(29)42-19-24-5-6-25(20-42)38-24)44-22-35(9-10-35)21-41-14-11-36(12-15-41)13-16-45-36/h1-4,7-8,17-18,24-25,38,43H,5-6,9-16,19-22H2. The summed E-state index contributed by atoms with van der Waals surface area (Å²) in [6.45, 7) is 6.24. The molecule has 5 heterocycles. The van der Waals surface area contributed by atoms with Crippen molar-refractivity contribution in [3.05, 3.63) is 54.3 Å². The smallest absolute Gasteiger partial charge is 0.319 e. The molecule has 5 aliphatic rings. The van der Waals surface area contributed by atoms with Crippen LogP contribution in [0.25, 0.3) is 32.8 Å². The number of benzene rings is 3. The molecule has 2 atom stereocenters. The summed E-state index contributed by atoms with van der Waals surface area (Å²) in [7, 11) is 0. The largest absolute Gasteiger partial charge is 0.508 e. The lowest BCUT2D eigenvalue weighted by atomic mass is 9.84. The summed E-state index contributed by atoms with van der Waals surface area (Å²) >= 11 is 0. The number of nitrogens with zero attached hydrogens (tertiary/aromatic N) is 4. The number of likely N-dealkylation sites (tertiary alicyclic amines) is 1. The van der Waals surface area contributed by atoms with Crippen molar-refractivity contribution in [3.8, 4) is 22.9 Å². The Morgan fingerprint density at radius 2 is 1.71 bits per heavy atom. The van der Waals surface area contributed by atoms with E-state index < -0.39 is 5.82 Å². The number of anilines is 1. The Labute approximate surface area is 262 Å². The fourth-order valence-electron chi connectivity index (χ4n) is 8.25. The maximum Gasteiger partial charge on any atom is 0.319 e. The molecule has 4 saturated heterocycles. The lowest BCUT2D eigenvalue weighted by Gasteiger charge is -2.48. The molecule has 1 saturated carbocycles. The predicted octanol–water partition coefficient (Wildman–Crippen LogP) is 5.65. The van der Waals surface area contributed by atoms with E-state index in [1.165, 1.54) is 6.42 Å². The molecule has 9 rings (SSSR count). The summed E-state index contributed by atoms with van der Waals surface area (Å²) in [5.74, 6) is 0.424. The highest BCUT2D eigenvalue weighted by Gasteiger charge is 2.48. The summed E-state index contributed by atoms with van der Waals surface area (Å²) in [5.41, 5.74) is 1.55. The molecule has 2 N–H and O–H groups in total. The average Bonchev–Trinajstić information content (AvgIpc) is 3.72. The van der Waals surface area contributed by atoms with Gasteiger partial charge in [0.15, 0.2) is 5.82 Å². The number of nitrogens with one attached hydrogen (secondary N) is 1. The van der Waals surface area contributed by atoms with Gasteiger partial charge in [-0.25, -0.2) is 4.39 Å². The van der Waals surface area contributed by atoms with Crippen LogP contribution in [0.3, 0.4) is 0 Å². The van der Waals surface area contributed by atoms with Gasteiger partial charge in [0, 0.05) is 61.2 Å². The first kappa shape index (κ1) is 27.8. The van der Waals surface area contributed by atoms with Gasteiger partial charge in [-0.3, -0.25) is 0 Å². The number of fused-ring (bicyclic) bond motifs is 4. The molecule has 9 heteroatoms. The van der Waals surface area contributed by atoms with Crippen molar-refractivity contribution in [2.75, 3.05) is 50.8 Å². The minimum absolute atomic E-state index is 0.0957. The van der Waals surface area contributed by atoms with E-state index in [-0.39, 0.29) is 28.3 Å². The van der Waals surface area contributed by atoms with Crippen molar-refractivity contribution in [2.24, 2.45) is 5.41 Å². The predicted molar refractivity (Wildman–Crippen MR) is 172 cm³/mol. The SMILES string of the molecule is Oc1cc(-c2ccc3c(N4CC5CCC(C4)N5)nc(OCC4(CN5CCC6(CCO6)CC5)CC4)nc3c2F)c2ccccc2c1. The zero-order chi connectivity index (χ0) is 30.2. The first-order valence-electron chi connectivity index (χ1n) is 16.7. The molecule has 1 spiro atoms. The molecule has 4 aromatic rings. The van der Waals surface area contributed by atoms with Gasteiger partial charge in [-0.2, -0.15) is 9.97 Å². The van der Waals surface area contributed by atoms with E-state index in [4.69, 9.17) is 19.4 Å². The highest BCUT2D eigenvalue weighted by molar-refractivity contribution is 6.01. The fraction of sp³-hybridized carbons (Fsp3) is 0.500. The van der Waals surface area contributed by atoms with Crippen LogP contribution in [0.2, 0.25) is 0 Å². The minimum Gasteiger partial charge on any atom is -0.508 e. The van der Waals surface area contributed by atoms with E-state index in [0.29, 0.717) is 35.2 Å². The molecule has 0 radical (unpaired) electrons. The summed E-state index contributed by atoms with van der Waals surface area (Å²) in [6.07, 6.45) is 7.95. The van der Waals surface area contributed by atoms with Gasteiger partial charge in [0.1, 0.15) is 17.1 Å². The topological polar surface area (TPSA) is 83.0 Å². The normalized spacial score (nSPS) is 25.1. The number of ether oxygens (including phenoxy) is 2. The van der Waals surface area contributed by atoms with Crippen molar-refractivity contribution in [3.63, 3.8) is 0 Å². The molecule has 8 nitrogen and oxygen atoms in total. The third-order valence-electron chi connectivity index (χ3n) is 11.2. The van der Waals surface area contributed by atoms with E-state index in [1.807, 2.05) is 30.3 Å². The lowest BCUT2D eigenvalue weighted by Crippen LogP contribution is -2.53. The van der Waals surface area contributed by atoms with Crippen LogP contribution in [-0.2, 0) is 4.74 Å². The number of phenolic OH excluding ortho intramolecular Hbond substituents is 1. The van der Waals surface area contributed by atoms with Crippen LogP contribution in [0.1, 0.15) is 44.9 Å². The fourth-order valence-corrected chi connectivity index (χ4v) is 8.25. The van der Waals surface area contributed by atoms with Crippen molar-refractivity contribution < 1.29 is 19.0 Å². The Hall–Kier alpha value is -3.53. The Balaban J connectivity index is 1.05. The van der Waals surface area contributed by atoms with Gasteiger partial charge in [0.25, 0.3) is 0 Å². The molecule has 4 aliphatic heterocycles. The number of piperazine rings is 1. The summed E-state index contributed by atoms with van der Waals surface area (Å²) in [5, 5.41) is 16.6. The molecule has 2 unspecified atom stereocenters. The van der Waals surface area contributed by atoms with Crippen molar-refractivity contribution in [1.29, 1.82) is 0 Å². The number of piperidine rings is 1. The summed E-state index contributed by atoms with van der Waals surface area (Å²) in [6, 6.07) is 15.9. The van der Waals surface area contributed by atoms with Gasteiger partial charge in [-0.15, -0.1) is 0 Å². The zero-order valence-electron chi connectivity index (χ0n) is 25.6. The van der Waals surface area contributed by atoms with E-state index >= 15 is 4.39 Å². The maximum atomic E-state index is 16.7. The maximum absolute atomic E-state index is 16.7. The third-order valence-corrected chi connectivity index (χ3v) is 11.2. The second-order valence-corrected chi connectivity index (χ2v) is 14.3. The monoisotopic (exact) mass is 609 g/mol. The molecule has 5 fully saturated rings. The molecule has 45 heavy (non-hydrogen) atoms.